The van der Waals surface area contributed by atoms with E-state index in [0.29, 0.717) is 10.2 Å². The summed E-state index contributed by atoms with van der Waals surface area (Å²) in [6.07, 6.45) is 1.74. The maximum absolute atomic E-state index is 13.3. The fraction of sp³-hybridized carbons (Fsp3) is 0.333. The summed E-state index contributed by atoms with van der Waals surface area (Å²) in [5.74, 6) is 0. The van der Waals surface area contributed by atoms with Gasteiger partial charge >= 0.3 is 0 Å². The Morgan fingerprint density at radius 1 is 1.13 bits per heavy atom. The number of aryl methyl sites for hydroxylation is 3. The molecule has 1 unspecified atom stereocenters. The van der Waals surface area contributed by atoms with Gasteiger partial charge in [-0.15, -0.1) is 0 Å². The largest absolute Gasteiger partial charge is 0.264 e. The summed E-state index contributed by atoms with van der Waals surface area (Å²) < 4.78 is 28.2. The standard InChI is InChI=1S/C18H20BrNO2S/c1-13-6-10-17(11-7-13)23(21,22)20-16(12-19)9-8-15-5-3-4-14(2)18(15)20/h3-7,10-11,16H,8-9,12H2,1-2H3. The van der Waals surface area contributed by atoms with Crippen molar-refractivity contribution in [2.24, 2.45) is 0 Å². The van der Waals surface area contributed by atoms with E-state index < -0.39 is 10.0 Å². The van der Waals surface area contributed by atoms with E-state index in [0.717, 1.165) is 35.2 Å². The van der Waals surface area contributed by atoms with Crippen molar-refractivity contribution >= 4 is 31.6 Å². The molecule has 1 aliphatic heterocycles. The van der Waals surface area contributed by atoms with Gasteiger partial charge in [0.1, 0.15) is 0 Å². The van der Waals surface area contributed by atoms with Gasteiger partial charge in [0.25, 0.3) is 10.0 Å². The lowest BCUT2D eigenvalue weighted by atomic mass is 9.96. The van der Waals surface area contributed by atoms with Crippen LogP contribution in [0.3, 0.4) is 0 Å². The summed E-state index contributed by atoms with van der Waals surface area (Å²) in [5.41, 5.74) is 4.02. The van der Waals surface area contributed by atoms with Gasteiger partial charge in [0.05, 0.1) is 16.6 Å². The number of sulfonamides is 1. The number of alkyl halides is 1. The van der Waals surface area contributed by atoms with Gasteiger partial charge in [-0.1, -0.05) is 51.8 Å². The van der Waals surface area contributed by atoms with Gasteiger partial charge in [-0.2, -0.15) is 0 Å². The molecule has 0 saturated heterocycles. The third-order valence-corrected chi connectivity index (χ3v) is 6.99. The van der Waals surface area contributed by atoms with E-state index in [1.54, 1.807) is 16.4 Å². The Balaban J connectivity index is 2.18. The molecular formula is C18H20BrNO2S. The van der Waals surface area contributed by atoms with Gasteiger partial charge < -0.3 is 0 Å². The average molecular weight is 394 g/mol. The lowest BCUT2D eigenvalue weighted by Gasteiger charge is -2.38. The molecule has 0 fully saturated rings. The van der Waals surface area contributed by atoms with Crippen LogP contribution in [-0.4, -0.2) is 19.8 Å². The summed E-state index contributed by atoms with van der Waals surface area (Å²) in [7, 11) is -3.57. The molecule has 23 heavy (non-hydrogen) atoms. The Morgan fingerprint density at radius 2 is 1.83 bits per heavy atom. The molecule has 0 spiro atoms. The van der Waals surface area contributed by atoms with Crippen LogP contribution in [0.25, 0.3) is 0 Å². The molecule has 1 heterocycles. The molecule has 5 heteroatoms. The van der Waals surface area contributed by atoms with Gasteiger partial charge in [-0.25, -0.2) is 8.42 Å². The molecule has 1 aliphatic rings. The number of nitrogens with zero attached hydrogens (tertiary/aromatic N) is 1. The molecule has 2 aromatic carbocycles. The number of hydrogen-bond acceptors (Lipinski definition) is 2. The number of anilines is 1. The van der Waals surface area contributed by atoms with E-state index in [1.807, 2.05) is 44.2 Å². The van der Waals surface area contributed by atoms with Crippen molar-refractivity contribution in [1.82, 2.24) is 0 Å². The number of rotatable bonds is 3. The third-order valence-electron chi connectivity index (χ3n) is 4.38. The second-order valence-electron chi connectivity index (χ2n) is 6.04. The fourth-order valence-electron chi connectivity index (χ4n) is 3.14. The molecule has 0 saturated carbocycles. The molecule has 0 aromatic heterocycles. The van der Waals surface area contributed by atoms with Crippen molar-refractivity contribution in [2.75, 3.05) is 9.64 Å². The normalized spacial score (nSPS) is 17.9. The molecule has 0 amide bonds. The molecule has 122 valence electrons. The summed E-state index contributed by atoms with van der Waals surface area (Å²) in [5, 5.41) is 0.631. The molecular weight excluding hydrogens is 374 g/mol. The predicted octanol–water partition coefficient (Wildman–Crippen LogP) is 4.21. The van der Waals surface area contributed by atoms with E-state index in [1.165, 1.54) is 0 Å². The van der Waals surface area contributed by atoms with Gasteiger partial charge in [-0.3, -0.25) is 4.31 Å². The van der Waals surface area contributed by atoms with Gasteiger partial charge in [0.15, 0.2) is 0 Å². The van der Waals surface area contributed by atoms with E-state index in [2.05, 4.69) is 15.9 Å². The second-order valence-corrected chi connectivity index (χ2v) is 8.51. The van der Waals surface area contributed by atoms with Crippen LogP contribution in [0.2, 0.25) is 0 Å². The van der Waals surface area contributed by atoms with Gasteiger partial charge in [0.2, 0.25) is 0 Å². The molecule has 3 nitrogen and oxygen atoms in total. The highest BCUT2D eigenvalue weighted by molar-refractivity contribution is 9.09. The summed E-state index contributed by atoms with van der Waals surface area (Å²) >= 11 is 3.50. The Hall–Kier alpha value is -1.33. The minimum absolute atomic E-state index is 0.0603. The highest BCUT2D eigenvalue weighted by Gasteiger charge is 2.36. The van der Waals surface area contributed by atoms with Crippen LogP contribution in [0.4, 0.5) is 5.69 Å². The summed E-state index contributed by atoms with van der Waals surface area (Å²) in [6, 6.07) is 13.0. The van der Waals surface area contributed by atoms with Crippen molar-refractivity contribution in [3.05, 3.63) is 59.2 Å². The summed E-state index contributed by atoms with van der Waals surface area (Å²) in [4.78, 5) is 0.352. The maximum Gasteiger partial charge on any atom is 0.264 e. The number of hydrogen-bond donors (Lipinski definition) is 0. The first-order valence-electron chi connectivity index (χ1n) is 7.70. The SMILES string of the molecule is Cc1ccc(S(=O)(=O)N2c3c(C)cccc3CCC2CBr)cc1. The van der Waals surface area contributed by atoms with Gasteiger partial charge in [0, 0.05) is 5.33 Å². The van der Waals surface area contributed by atoms with Crippen molar-refractivity contribution in [2.45, 2.75) is 37.6 Å². The monoisotopic (exact) mass is 393 g/mol. The van der Waals surface area contributed by atoms with Crippen molar-refractivity contribution in [3.8, 4) is 0 Å². The Morgan fingerprint density at radius 3 is 2.48 bits per heavy atom. The van der Waals surface area contributed by atoms with Crippen LogP contribution in [-0.2, 0) is 16.4 Å². The molecule has 0 N–H and O–H groups in total. The lowest BCUT2D eigenvalue weighted by molar-refractivity contribution is 0.565. The number of fused-ring (bicyclic) bond motifs is 1. The zero-order valence-corrected chi connectivity index (χ0v) is 15.7. The topological polar surface area (TPSA) is 37.4 Å². The first-order valence-corrected chi connectivity index (χ1v) is 10.3. The van der Waals surface area contributed by atoms with Crippen molar-refractivity contribution in [1.29, 1.82) is 0 Å². The van der Waals surface area contributed by atoms with Crippen LogP contribution in [0, 0.1) is 13.8 Å². The first kappa shape index (κ1) is 16.5. The quantitative estimate of drug-likeness (QED) is 0.732. The van der Waals surface area contributed by atoms with Crippen LogP contribution in [0.15, 0.2) is 47.4 Å². The van der Waals surface area contributed by atoms with Crippen LogP contribution >= 0.6 is 15.9 Å². The molecule has 3 rings (SSSR count). The maximum atomic E-state index is 13.3. The molecule has 0 bridgehead atoms. The van der Waals surface area contributed by atoms with Crippen LogP contribution in [0.5, 0.6) is 0 Å². The smallest absolute Gasteiger partial charge is 0.262 e. The Bertz CT molecular complexity index is 815. The van der Waals surface area contributed by atoms with Crippen molar-refractivity contribution in [3.63, 3.8) is 0 Å². The molecule has 2 aromatic rings. The van der Waals surface area contributed by atoms with E-state index >= 15 is 0 Å². The highest BCUT2D eigenvalue weighted by atomic mass is 79.9. The zero-order valence-electron chi connectivity index (χ0n) is 13.3. The Kier molecular flexibility index (Phi) is 4.52. The van der Waals surface area contributed by atoms with Gasteiger partial charge in [-0.05, 0) is 49.9 Å². The number of benzene rings is 2. The second kappa shape index (κ2) is 6.29. The van der Waals surface area contributed by atoms with E-state index in [-0.39, 0.29) is 6.04 Å². The Labute approximate surface area is 146 Å². The fourth-order valence-corrected chi connectivity index (χ4v) is 5.72. The van der Waals surface area contributed by atoms with E-state index in [4.69, 9.17) is 0 Å². The highest BCUT2D eigenvalue weighted by Crippen LogP contribution is 2.38. The van der Waals surface area contributed by atoms with Crippen LogP contribution < -0.4 is 4.31 Å². The third kappa shape index (κ3) is 2.92. The average Bonchev–Trinajstić information content (AvgIpc) is 2.54. The van der Waals surface area contributed by atoms with Crippen LogP contribution in [0.1, 0.15) is 23.1 Å². The minimum atomic E-state index is -3.57. The van der Waals surface area contributed by atoms with Crippen molar-refractivity contribution < 1.29 is 8.42 Å². The summed E-state index contributed by atoms with van der Waals surface area (Å²) in [6.45, 7) is 3.94. The first-order chi connectivity index (χ1) is 10.9. The molecule has 0 radical (unpaired) electrons. The predicted molar refractivity (Wildman–Crippen MR) is 97.9 cm³/mol. The number of halogens is 1. The minimum Gasteiger partial charge on any atom is -0.262 e. The molecule has 1 atom stereocenters. The number of para-hydroxylation sites is 1. The zero-order chi connectivity index (χ0) is 16.6. The molecule has 0 aliphatic carbocycles. The lowest BCUT2D eigenvalue weighted by Crippen LogP contribution is -2.45. The van der Waals surface area contributed by atoms with E-state index in [9.17, 15) is 8.42 Å².